The summed E-state index contributed by atoms with van der Waals surface area (Å²) in [5, 5.41) is 6.21. The number of carbonyl (C=O) groups is 1. The summed E-state index contributed by atoms with van der Waals surface area (Å²) in [4.78, 5) is 16.4. The van der Waals surface area contributed by atoms with Gasteiger partial charge in [0, 0.05) is 25.5 Å². The van der Waals surface area contributed by atoms with Crippen LogP contribution in [-0.2, 0) is 6.42 Å². The highest BCUT2D eigenvalue weighted by Gasteiger charge is 2.07. The molecule has 1 aromatic heterocycles. The first-order valence-electron chi connectivity index (χ1n) is 8.18. The first-order valence-corrected chi connectivity index (χ1v) is 8.18. The van der Waals surface area contributed by atoms with E-state index >= 15 is 0 Å². The van der Waals surface area contributed by atoms with Crippen molar-refractivity contribution in [3.63, 3.8) is 0 Å². The number of ether oxygens (including phenoxy) is 1. The quantitative estimate of drug-likeness (QED) is 0.782. The molecule has 0 spiro atoms. The molecule has 0 saturated heterocycles. The lowest BCUT2D eigenvalue weighted by Crippen LogP contribution is -2.26. The van der Waals surface area contributed by atoms with Gasteiger partial charge in [-0.25, -0.2) is 0 Å². The smallest absolute Gasteiger partial charge is 0.252 e. The van der Waals surface area contributed by atoms with Crippen LogP contribution in [0.1, 0.15) is 29.8 Å². The summed E-state index contributed by atoms with van der Waals surface area (Å²) >= 11 is 0. The molecule has 0 radical (unpaired) electrons. The van der Waals surface area contributed by atoms with Gasteiger partial charge in [0.15, 0.2) is 0 Å². The third-order valence-electron chi connectivity index (χ3n) is 3.57. The van der Waals surface area contributed by atoms with Crippen molar-refractivity contribution >= 4 is 11.6 Å². The van der Waals surface area contributed by atoms with E-state index in [4.69, 9.17) is 4.74 Å². The second-order valence-electron chi connectivity index (χ2n) is 6.09. The Morgan fingerprint density at radius 1 is 1.21 bits per heavy atom. The zero-order chi connectivity index (χ0) is 17.4. The van der Waals surface area contributed by atoms with Crippen LogP contribution in [0.4, 0.5) is 5.69 Å². The lowest BCUT2D eigenvalue weighted by Gasteiger charge is -2.10. The number of methoxy groups -OCH3 is 1. The predicted octanol–water partition coefficient (Wildman–Crippen LogP) is 3.13. The van der Waals surface area contributed by atoms with Crippen molar-refractivity contribution in [1.29, 1.82) is 0 Å². The summed E-state index contributed by atoms with van der Waals surface area (Å²) < 4.78 is 5.13. The largest absolute Gasteiger partial charge is 0.497 e. The summed E-state index contributed by atoms with van der Waals surface area (Å²) in [6, 6.07) is 9.68. The second kappa shape index (κ2) is 8.91. The third kappa shape index (κ3) is 5.57. The van der Waals surface area contributed by atoms with Gasteiger partial charge in [0.1, 0.15) is 5.75 Å². The van der Waals surface area contributed by atoms with E-state index in [1.54, 1.807) is 19.5 Å². The van der Waals surface area contributed by atoms with E-state index < -0.39 is 0 Å². The zero-order valence-corrected chi connectivity index (χ0v) is 14.5. The van der Waals surface area contributed by atoms with Crippen molar-refractivity contribution in [2.24, 2.45) is 5.92 Å². The Morgan fingerprint density at radius 3 is 2.62 bits per heavy atom. The predicted molar refractivity (Wildman–Crippen MR) is 96.6 cm³/mol. The fourth-order valence-electron chi connectivity index (χ4n) is 2.20. The van der Waals surface area contributed by atoms with Gasteiger partial charge in [0.25, 0.3) is 5.91 Å². The Kier molecular flexibility index (Phi) is 6.61. The van der Waals surface area contributed by atoms with Crippen molar-refractivity contribution < 1.29 is 9.53 Å². The van der Waals surface area contributed by atoms with E-state index in [0.717, 1.165) is 30.0 Å². The van der Waals surface area contributed by atoms with Gasteiger partial charge in [-0.3, -0.25) is 9.78 Å². The summed E-state index contributed by atoms with van der Waals surface area (Å²) in [5.41, 5.74) is 2.59. The highest BCUT2D eigenvalue weighted by molar-refractivity contribution is 5.94. The van der Waals surface area contributed by atoms with Crippen molar-refractivity contribution in [1.82, 2.24) is 10.3 Å². The molecule has 128 valence electrons. The highest BCUT2D eigenvalue weighted by Crippen LogP contribution is 2.12. The first kappa shape index (κ1) is 17.8. The van der Waals surface area contributed by atoms with Gasteiger partial charge >= 0.3 is 0 Å². The molecule has 0 bridgehead atoms. The van der Waals surface area contributed by atoms with Gasteiger partial charge in [0.2, 0.25) is 0 Å². The molecule has 1 amide bonds. The zero-order valence-electron chi connectivity index (χ0n) is 14.5. The molecule has 0 atom stereocenters. The lowest BCUT2D eigenvalue weighted by atomic mass is 10.1. The van der Waals surface area contributed by atoms with E-state index in [2.05, 4.69) is 29.5 Å². The molecule has 5 heteroatoms. The fourth-order valence-corrected chi connectivity index (χ4v) is 2.20. The molecule has 0 saturated carbocycles. The molecule has 24 heavy (non-hydrogen) atoms. The molecule has 0 aliphatic carbocycles. The minimum atomic E-state index is -0.107. The van der Waals surface area contributed by atoms with Gasteiger partial charge in [-0.2, -0.15) is 0 Å². The first-order chi connectivity index (χ1) is 11.6. The number of aromatic nitrogens is 1. The summed E-state index contributed by atoms with van der Waals surface area (Å²) in [5.74, 6) is 1.26. The molecule has 5 nitrogen and oxygen atoms in total. The Balaban J connectivity index is 1.84. The maximum atomic E-state index is 12.2. The van der Waals surface area contributed by atoms with Crippen molar-refractivity contribution in [2.75, 3.05) is 25.5 Å². The van der Waals surface area contributed by atoms with Crippen molar-refractivity contribution in [3.05, 3.63) is 53.9 Å². The number of rotatable bonds is 8. The van der Waals surface area contributed by atoms with Gasteiger partial charge in [-0.1, -0.05) is 26.0 Å². The molecule has 2 rings (SSSR count). The van der Waals surface area contributed by atoms with Crippen LogP contribution in [0.15, 0.2) is 42.7 Å². The average Bonchev–Trinajstić information content (AvgIpc) is 2.60. The Morgan fingerprint density at radius 2 is 1.96 bits per heavy atom. The van der Waals surface area contributed by atoms with Crippen LogP contribution >= 0.6 is 0 Å². The highest BCUT2D eigenvalue weighted by atomic mass is 16.5. The molecular weight excluding hydrogens is 302 g/mol. The number of hydrogen-bond acceptors (Lipinski definition) is 4. The maximum Gasteiger partial charge on any atom is 0.252 e. The van der Waals surface area contributed by atoms with Crippen molar-refractivity contribution in [2.45, 2.75) is 20.3 Å². The molecule has 0 fully saturated rings. The Hall–Kier alpha value is -2.56. The fraction of sp³-hybridized carbons (Fsp3) is 0.368. The number of nitrogens with one attached hydrogen (secondary N) is 2. The van der Waals surface area contributed by atoms with Crippen LogP contribution in [-0.4, -0.2) is 31.1 Å². The molecule has 0 aliphatic rings. The Labute approximate surface area is 143 Å². The molecule has 2 aromatic rings. The number of amides is 1. The van der Waals surface area contributed by atoms with Crippen LogP contribution in [0.25, 0.3) is 0 Å². The maximum absolute atomic E-state index is 12.2. The number of hydrogen-bond donors (Lipinski definition) is 2. The van der Waals surface area contributed by atoms with Crippen molar-refractivity contribution in [3.8, 4) is 5.75 Å². The van der Waals surface area contributed by atoms with E-state index in [0.29, 0.717) is 18.0 Å². The number of anilines is 1. The number of pyridine rings is 1. The summed E-state index contributed by atoms with van der Waals surface area (Å²) in [6.45, 7) is 5.70. The SMILES string of the molecule is COc1ccc(CCNC(=O)c2cncc(NCC(C)C)c2)cc1. The summed E-state index contributed by atoms with van der Waals surface area (Å²) in [7, 11) is 1.65. The topological polar surface area (TPSA) is 63.2 Å². The van der Waals surface area contributed by atoms with Crippen LogP contribution < -0.4 is 15.4 Å². The minimum Gasteiger partial charge on any atom is -0.497 e. The molecule has 1 aromatic carbocycles. The molecule has 0 aliphatic heterocycles. The Bertz CT molecular complexity index is 654. The van der Waals surface area contributed by atoms with Gasteiger partial charge < -0.3 is 15.4 Å². The number of nitrogens with zero attached hydrogens (tertiary/aromatic N) is 1. The van der Waals surface area contributed by atoms with Gasteiger partial charge in [-0.15, -0.1) is 0 Å². The van der Waals surface area contributed by atoms with Gasteiger partial charge in [0.05, 0.1) is 18.4 Å². The van der Waals surface area contributed by atoms with E-state index in [9.17, 15) is 4.79 Å². The minimum absolute atomic E-state index is 0.107. The second-order valence-corrected chi connectivity index (χ2v) is 6.09. The third-order valence-corrected chi connectivity index (χ3v) is 3.57. The standard InChI is InChI=1S/C19H25N3O2/c1-14(2)11-22-17-10-16(12-20-13-17)19(23)21-9-8-15-4-6-18(24-3)7-5-15/h4-7,10,12-14,22H,8-9,11H2,1-3H3,(H,21,23). The molecule has 0 unspecified atom stereocenters. The lowest BCUT2D eigenvalue weighted by molar-refractivity contribution is 0.0954. The molecule has 1 heterocycles. The van der Waals surface area contributed by atoms with E-state index in [1.807, 2.05) is 30.3 Å². The summed E-state index contributed by atoms with van der Waals surface area (Å²) in [6.07, 6.45) is 4.09. The van der Waals surface area contributed by atoms with Crippen LogP contribution in [0, 0.1) is 5.92 Å². The number of carbonyl (C=O) groups excluding carboxylic acids is 1. The number of benzene rings is 1. The van der Waals surface area contributed by atoms with Crippen LogP contribution in [0.2, 0.25) is 0 Å². The normalized spacial score (nSPS) is 10.5. The molecule has 2 N–H and O–H groups in total. The van der Waals surface area contributed by atoms with E-state index in [-0.39, 0.29) is 5.91 Å². The van der Waals surface area contributed by atoms with Crippen LogP contribution in [0.3, 0.4) is 0 Å². The average molecular weight is 327 g/mol. The van der Waals surface area contributed by atoms with Gasteiger partial charge in [-0.05, 0) is 36.1 Å². The molecular formula is C19H25N3O2. The monoisotopic (exact) mass is 327 g/mol. The van der Waals surface area contributed by atoms with E-state index in [1.165, 1.54) is 0 Å². The van der Waals surface area contributed by atoms with Crippen LogP contribution in [0.5, 0.6) is 5.75 Å².